The van der Waals surface area contributed by atoms with Crippen LogP contribution in [-0.4, -0.2) is 10.2 Å². The van der Waals surface area contributed by atoms with Gasteiger partial charge in [-0.1, -0.05) is 17.7 Å². The maximum atomic E-state index is 13.1. The van der Waals surface area contributed by atoms with Gasteiger partial charge in [-0.2, -0.15) is 0 Å². The fourth-order valence-electron chi connectivity index (χ4n) is 1.82. The van der Waals surface area contributed by atoms with Crippen LogP contribution in [0.2, 0.25) is 5.02 Å². The zero-order valence-corrected chi connectivity index (χ0v) is 13.7. The molecule has 0 bridgehead atoms. The van der Waals surface area contributed by atoms with E-state index in [4.69, 9.17) is 17.3 Å². The minimum Gasteiger partial charge on any atom is -0.349 e. The zero-order valence-electron chi connectivity index (χ0n) is 12.2. The molecular formula is C15H16ClN3O2S. The smallest absolute Gasteiger partial charge is 0.348 e. The van der Waals surface area contributed by atoms with Gasteiger partial charge in [0, 0.05) is 10.7 Å². The van der Waals surface area contributed by atoms with Gasteiger partial charge in [-0.25, -0.2) is 9.00 Å². The highest BCUT2D eigenvalue weighted by molar-refractivity contribution is 7.95. The van der Waals surface area contributed by atoms with E-state index in [1.54, 1.807) is 36.4 Å². The molecule has 0 saturated carbocycles. The molecule has 7 heteroatoms. The molecule has 0 aliphatic carbocycles. The van der Waals surface area contributed by atoms with E-state index in [1.165, 1.54) is 0 Å². The van der Waals surface area contributed by atoms with Crippen molar-refractivity contribution in [1.82, 2.24) is 0 Å². The largest absolute Gasteiger partial charge is 0.349 e. The summed E-state index contributed by atoms with van der Waals surface area (Å²) in [5.74, 6) is 0. The van der Waals surface area contributed by atoms with Crippen molar-refractivity contribution >= 4 is 33.2 Å². The molecule has 3 N–H and O–H groups in total. The molecule has 22 heavy (non-hydrogen) atoms. The van der Waals surface area contributed by atoms with Crippen molar-refractivity contribution in [3.8, 4) is 0 Å². The highest BCUT2D eigenvalue weighted by Gasteiger charge is 2.15. The van der Waals surface area contributed by atoms with E-state index in [0.717, 1.165) is 11.1 Å². The Balaban J connectivity index is 2.53. The summed E-state index contributed by atoms with van der Waals surface area (Å²) in [5.41, 5.74) is 7.64. The Morgan fingerprint density at radius 1 is 1.14 bits per heavy atom. The molecule has 0 fully saturated rings. The minimum absolute atomic E-state index is 0.393. The molecule has 0 saturated heterocycles. The molecule has 2 rings (SSSR count). The summed E-state index contributed by atoms with van der Waals surface area (Å²) in [6.07, 6.45) is 0. The number of nitrogens with two attached hydrogens (primary N) is 1. The van der Waals surface area contributed by atoms with Crippen LogP contribution in [0.1, 0.15) is 11.1 Å². The molecule has 0 radical (unpaired) electrons. The SMILES string of the molecule is Cc1ccc(S(=O)(=NC(N)=O)Nc2ccc(Cl)cc2)cc1C. The molecule has 5 nitrogen and oxygen atoms in total. The van der Waals surface area contributed by atoms with Crippen molar-refractivity contribution in [1.29, 1.82) is 0 Å². The van der Waals surface area contributed by atoms with Crippen LogP contribution < -0.4 is 10.5 Å². The number of primary amides is 1. The molecule has 1 atom stereocenters. The van der Waals surface area contributed by atoms with Crippen molar-refractivity contribution in [2.75, 3.05) is 4.72 Å². The van der Waals surface area contributed by atoms with Crippen molar-refractivity contribution in [2.45, 2.75) is 18.7 Å². The summed E-state index contributed by atoms with van der Waals surface area (Å²) < 4.78 is 19.5. The summed E-state index contributed by atoms with van der Waals surface area (Å²) in [6.45, 7) is 3.84. The molecule has 0 heterocycles. The lowest BCUT2D eigenvalue weighted by atomic mass is 10.1. The van der Waals surface area contributed by atoms with Gasteiger partial charge in [0.15, 0.2) is 9.92 Å². The van der Waals surface area contributed by atoms with Gasteiger partial charge in [0.2, 0.25) is 0 Å². The number of anilines is 1. The van der Waals surface area contributed by atoms with Crippen LogP contribution in [0.15, 0.2) is 51.7 Å². The number of amides is 2. The lowest BCUT2D eigenvalue weighted by molar-refractivity contribution is 0.257. The fourth-order valence-corrected chi connectivity index (χ4v) is 3.52. The van der Waals surface area contributed by atoms with E-state index in [9.17, 15) is 9.00 Å². The van der Waals surface area contributed by atoms with E-state index < -0.39 is 15.9 Å². The Hall–Kier alpha value is -2.05. The molecule has 0 aliphatic heterocycles. The topological polar surface area (TPSA) is 84.6 Å². The van der Waals surface area contributed by atoms with Crippen LogP contribution >= 0.6 is 11.6 Å². The van der Waals surface area contributed by atoms with E-state index in [0.29, 0.717) is 15.6 Å². The van der Waals surface area contributed by atoms with Gasteiger partial charge in [0.1, 0.15) is 0 Å². The third-order valence-electron chi connectivity index (χ3n) is 3.12. The lowest BCUT2D eigenvalue weighted by Gasteiger charge is -2.14. The van der Waals surface area contributed by atoms with E-state index >= 15 is 0 Å². The Morgan fingerprint density at radius 2 is 1.77 bits per heavy atom. The molecule has 0 aromatic heterocycles. The summed E-state index contributed by atoms with van der Waals surface area (Å²) in [7, 11) is -3.21. The lowest BCUT2D eigenvalue weighted by Crippen LogP contribution is -2.18. The predicted octanol–water partition coefficient (Wildman–Crippen LogP) is 3.89. The van der Waals surface area contributed by atoms with Gasteiger partial charge in [-0.05, 0) is 61.4 Å². The number of urea groups is 1. The van der Waals surface area contributed by atoms with Gasteiger partial charge < -0.3 is 5.73 Å². The number of nitrogens with one attached hydrogen (secondary N) is 1. The third kappa shape index (κ3) is 3.78. The highest BCUT2D eigenvalue weighted by Crippen LogP contribution is 2.22. The standard InChI is InChI=1S/C15H16ClN3O2S/c1-10-3-8-14(9-11(10)2)22(21,19-15(17)20)18-13-6-4-12(16)5-7-13/h3-9H,1-2H3,(H3,17,18,19,20,21). The normalized spacial score (nSPS) is 13.2. The second-order valence-electron chi connectivity index (χ2n) is 4.81. The van der Waals surface area contributed by atoms with E-state index in [1.807, 2.05) is 19.9 Å². The van der Waals surface area contributed by atoms with Gasteiger partial charge in [-0.15, -0.1) is 4.36 Å². The number of rotatable bonds is 3. The second-order valence-corrected chi connectivity index (χ2v) is 7.16. The monoisotopic (exact) mass is 337 g/mol. The average Bonchev–Trinajstić information content (AvgIpc) is 2.43. The first-order valence-corrected chi connectivity index (χ1v) is 8.37. The summed E-state index contributed by atoms with van der Waals surface area (Å²) in [6, 6.07) is 10.8. The van der Waals surface area contributed by atoms with E-state index in [-0.39, 0.29) is 0 Å². The molecule has 2 aromatic rings. The average molecular weight is 338 g/mol. The zero-order chi connectivity index (χ0) is 16.3. The van der Waals surface area contributed by atoms with Gasteiger partial charge >= 0.3 is 6.03 Å². The highest BCUT2D eigenvalue weighted by atomic mass is 35.5. The maximum Gasteiger partial charge on any atom is 0.348 e. The number of nitrogens with zero attached hydrogens (tertiary/aromatic N) is 1. The number of benzene rings is 2. The first-order valence-electron chi connectivity index (χ1n) is 6.47. The predicted molar refractivity (Wildman–Crippen MR) is 89.4 cm³/mol. The van der Waals surface area contributed by atoms with Crippen LogP contribution in [0.5, 0.6) is 0 Å². The summed E-state index contributed by atoms with van der Waals surface area (Å²) in [5, 5.41) is 0.551. The summed E-state index contributed by atoms with van der Waals surface area (Å²) >= 11 is 5.83. The summed E-state index contributed by atoms with van der Waals surface area (Å²) in [4.78, 5) is 11.6. The van der Waals surface area contributed by atoms with Gasteiger partial charge in [-0.3, -0.25) is 4.72 Å². The van der Waals surface area contributed by atoms with Crippen molar-refractivity contribution < 1.29 is 9.00 Å². The molecule has 2 amide bonds. The van der Waals surface area contributed by atoms with Crippen molar-refractivity contribution in [3.63, 3.8) is 0 Å². The molecule has 0 aliphatic rings. The minimum atomic E-state index is -3.21. The van der Waals surface area contributed by atoms with E-state index in [2.05, 4.69) is 9.08 Å². The molecule has 0 spiro atoms. The molecule has 1 unspecified atom stereocenters. The van der Waals surface area contributed by atoms with Crippen molar-refractivity contribution in [3.05, 3.63) is 58.6 Å². The number of carbonyl (C=O) groups excluding carboxylic acids is 1. The first kappa shape index (κ1) is 16.3. The van der Waals surface area contributed by atoms with Crippen LogP contribution in [0, 0.1) is 13.8 Å². The number of hydrogen-bond donors (Lipinski definition) is 2. The second kappa shape index (κ2) is 6.37. The van der Waals surface area contributed by atoms with Crippen molar-refractivity contribution in [2.24, 2.45) is 10.1 Å². The number of halogens is 1. The third-order valence-corrected chi connectivity index (χ3v) is 5.21. The quantitative estimate of drug-likeness (QED) is 0.890. The van der Waals surface area contributed by atoms with Crippen LogP contribution in [0.4, 0.5) is 10.5 Å². The van der Waals surface area contributed by atoms with Crippen LogP contribution in [0.3, 0.4) is 0 Å². The Kier molecular flexibility index (Phi) is 4.73. The molecule has 116 valence electrons. The first-order chi connectivity index (χ1) is 10.3. The molecule has 2 aromatic carbocycles. The molecular weight excluding hydrogens is 322 g/mol. The number of hydrogen-bond acceptors (Lipinski definition) is 2. The number of carbonyl (C=O) groups is 1. The Labute approximate surface area is 134 Å². The maximum absolute atomic E-state index is 13.1. The Bertz CT molecular complexity index is 825. The fraction of sp³-hybridized carbons (Fsp3) is 0.133. The van der Waals surface area contributed by atoms with Crippen LogP contribution in [-0.2, 0) is 9.92 Å². The van der Waals surface area contributed by atoms with Gasteiger partial charge in [0.25, 0.3) is 0 Å². The Morgan fingerprint density at radius 3 is 2.32 bits per heavy atom. The number of aryl methyl sites for hydroxylation is 2. The van der Waals surface area contributed by atoms with Crippen LogP contribution in [0.25, 0.3) is 0 Å². The van der Waals surface area contributed by atoms with Gasteiger partial charge in [0.05, 0.1) is 4.90 Å².